The van der Waals surface area contributed by atoms with Gasteiger partial charge in [0.15, 0.2) is 11.5 Å². The molecule has 0 aromatic heterocycles. The third-order valence-electron chi connectivity index (χ3n) is 2.62. The maximum absolute atomic E-state index is 11.1. The summed E-state index contributed by atoms with van der Waals surface area (Å²) in [5.74, 6) is 0.709. The van der Waals surface area contributed by atoms with Gasteiger partial charge in [-0.2, -0.15) is 0 Å². The Morgan fingerprint density at radius 3 is 2.63 bits per heavy atom. The Morgan fingerprint density at radius 2 is 2.05 bits per heavy atom. The van der Waals surface area contributed by atoms with Crippen molar-refractivity contribution in [3.63, 3.8) is 0 Å². The lowest BCUT2D eigenvalue weighted by Gasteiger charge is -2.17. The molecule has 0 amide bonds. The molecule has 0 atom stereocenters. The van der Waals surface area contributed by atoms with Crippen LogP contribution in [-0.2, 0) is 16.4 Å². The molecule has 1 rings (SSSR count). The van der Waals surface area contributed by atoms with E-state index >= 15 is 0 Å². The summed E-state index contributed by atoms with van der Waals surface area (Å²) in [6.45, 7) is 3.42. The van der Waals surface area contributed by atoms with Crippen molar-refractivity contribution in [1.29, 1.82) is 0 Å². The zero-order valence-corrected chi connectivity index (χ0v) is 12.4. The average molecular weight is 287 g/mol. The number of sulfone groups is 1. The molecule has 0 radical (unpaired) electrons. The quantitative estimate of drug-likeness (QED) is 0.818. The van der Waals surface area contributed by atoms with E-state index in [9.17, 15) is 13.5 Å². The van der Waals surface area contributed by atoms with Gasteiger partial charge in [0, 0.05) is 19.3 Å². The lowest BCUT2D eigenvalue weighted by molar-refractivity contribution is 0.314. The van der Waals surface area contributed by atoms with Crippen molar-refractivity contribution in [2.24, 2.45) is 0 Å². The van der Waals surface area contributed by atoms with Gasteiger partial charge in [-0.15, -0.1) is 0 Å². The number of rotatable bonds is 7. The molecule has 5 nitrogen and oxygen atoms in total. The number of benzene rings is 1. The normalized spacial score (nSPS) is 11.8. The van der Waals surface area contributed by atoms with Crippen LogP contribution in [0.1, 0.15) is 12.5 Å². The molecule has 6 heteroatoms. The van der Waals surface area contributed by atoms with E-state index in [-0.39, 0.29) is 11.5 Å². The third kappa shape index (κ3) is 5.94. The van der Waals surface area contributed by atoms with E-state index < -0.39 is 9.84 Å². The SMILES string of the molecule is CCOc1cc(CN(C)CCS(C)(=O)=O)ccc1O. The molecular weight excluding hydrogens is 266 g/mol. The van der Waals surface area contributed by atoms with Crippen LogP contribution in [0.5, 0.6) is 11.5 Å². The molecule has 0 spiro atoms. The second kappa shape index (κ2) is 6.77. The van der Waals surface area contributed by atoms with Crippen LogP contribution in [-0.4, -0.2) is 50.6 Å². The number of aromatic hydroxyl groups is 1. The minimum atomic E-state index is -2.94. The van der Waals surface area contributed by atoms with Crippen molar-refractivity contribution in [3.05, 3.63) is 23.8 Å². The lowest BCUT2D eigenvalue weighted by atomic mass is 10.2. The summed E-state index contributed by atoms with van der Waals surface area (Å²) in [4.78, 5) is 1.92. The minimum absolute atomic E-state index is 0.115. The fourth-order valence-electron chi connectivity index (χ4n) is 1.64. The number of phenols is 1. The van der Waals surface area contributed by atoms with Gasteiger partial charge in [-0.05, 0) is 31.7 Å². The highest BCUT2D eigenvalue weighted by Gasteiger charge is 2.08. The number of ether oxygens (including phenoxy) is 1. The molecule has 19 heavy (non-hydrogen) atoms. The highest BCUT2D eigenvalue weighted by Crippen LogP contribution is 2.27. The van der Waals surface area contributed by atoms with Crippen LogP contribution in [0.15, 0.2) is 18.2 Å². The smallest absolute Gasteiger partial charge is 0.161 e. The van der Waals surface area contributed by atoms with Crippen molar-refractivity contribution >= 4 is 9.84 Å². The molecule has 1 aromatic carbocycles. The van der Waals surface area contributed by atoms with E-state index in [0.717, 1.165) is 5.56 Å². The highest BCUT2D eigenvalue weighted by atomic mass is 32.2. The van der Waals surface area contributed by atoms with Gasteiger partial charge in [0.25, 0.3) is 0 Å². The Labute approximate surface area is 114 Å². The standard InChI is InChI=1S/C13H21NO4S/c1-4-18-13-9-11(5-6-12(13)15)10-14(2)7-8-19(3,16)17/h5-6,9,15H,4,7-8,10H2,1-3H3. The van der Waals surface area contributed by atoms with E-state index in [1.54, 1.807) is 18.2 Å². The first kappa shape index (κ1) is 15.8. The first-order valence-electron chi connectivity index (χ1n) is 6.13. The van der Waals surface area contributed by atoms with Crippen molar-refractivity contribution in [2.45, 2.75) is 13.5 Å². The molecular formula is C13H21NO4S. The third-order valence-corrected chi connectivity index (χ3v) is 3.54. The fraction of sp³-hybridized carbons (Fsp3) is 0.538. The monoisotopic (exact) mass is 287 g/mol. The van der Waals surface area contributed by atoms with Gasteiger partial charge in [-0.25, -0.2) is 8.42 Å². The molecule has 108 valence electrons. The zero-order chi connectivity index (χ0) is 14.5. The summed E-state index contributed by atoms with van der Waals surface area (Å²) in [5, 5.41) is 9.59. The Bertz CT molecular complexity index is 513. The van der Waals surface area contributed by atoms with Crippen LogP contribution in [0.2, 0.25) is 0 Å². The van der Waals surface area contributed by atoms with Gasteiger partial charge in [0.2, 0.25) is 0 Å². The van der Waals surface area contributed by atoms with Crippen molar-refractivity contribution < 1.29 is 18.3 Å². The minimum Gasteiger partial charge on any atom is -0.504 e. The van der Waals surface area contributed by atoms with Crippen LogP contribution >= 0.6 is 0 Å². The second-order valence-electron chi connectivity index (χ2n) is 4.60. The molecule has 0 aliphatic rings. The molecule has 0 heterocycles. The van der Waals surface area contributed by atoms with Crippen molar-refractivity contribution in [1.82, 2.24) is 4.90 Å². The number of nitrogens with zero attached hydrogens (tertiary/aromatic N) is 1. The van der Waals surface area contributed by atoms with E-state index in [1.807, 2.05) is 18.9 Å². The van der Waals surface area contributed by atoms with E-state index in [4.69, 9.17) is 4.74 Å². The predicted octanol–water partition coefficient (Wildman–Crippen LogP) is 1.27. The average Bonchev–Trinajstić information content (AvgIpc) is 2.30. The molecule has 1 aromatic rings. The Balaban J connectivity index is 2.63. The molecule has 0 aliphatic carbocycles. The van der Waals surface area contributed by atoms with Crippen LogP contribution in [0.3, 0.4) is 0 Å². The maximum Gasteiger partial charge on any atom is 0.161 e. The van der Waals surface area contributed by atoms with Gasteiger partial charge in [-0.3, -0.25) is 0 Å². The van der Waals surface area contributed by atoms with Gasteiger partial charge in [0.1, 0.15) is 9.84 Å². The van der Waals surface area contributed by atoms with Gasteiger partial charge in [0.05, 0.1) is 12.4 Å². The summed E-state index contributed by atoms with van der Waals surface area (Å²) in [7, 11) is -1.08. The van der Waals surface area contributed by atoms with E-state index in [1.165, 1.54) is 6.26 Å². The number of phenolic OH excluding ortho intramolecular Hbond substituents is 1. The van der Waals surface area contributed by atoms with E-state index in [0.29, 0.717) is 25.4 Å². The second-order valence-corrected chi connectivity index (χ2v) is 6.86. The lowest BCUT2D eigenvalue weighted by Crippen LogP contribution is -2.24. The van der Waals surface area contributed by atoms with Gasteiger partial charge in [-0.1, -0.05) is 6.07 Å². The first-order valence-corrected chi connectivity index (χ1v) is 8.19. The van der Waals surface area contributed by atoms with Crippen LogP contribution in [0.4, 0.5) is 0 Å². The van der Waals surface area contributed by atoms with Crippen LogP contribution < -0.4 is 4.74 Å². The molecule has 0 saturated carbocycles. The van der Waals surface area contributed by atoms with Crippen LogP contribution in [0.25, 0.3) is 0 Å². The summed E-state index contributed by atoms with van der Waals surface area (Å²) in [6, 6.07) is 5.16. The Morgan fingerprint density at radius 1 is 1.37 bits per heavy atom. The van der Waals surface area contributed by atoms with Crippen LogP contribution in [0, 0.1) is 0 Å². The van der Waals surface area contributed by atoms with Crippen molar-refractivity contribution in [3.8, 4) is 11.5 Å². The molecule has 0 bridgehead atoms. The first-order chi connectivity index (χ1) is 8.81. The Kier molecular flexibility index (Phi) is 5.62. The van der Waals surface area contributed by atoms with Gasteiger partial charge < -0.3 is 14.7 Å². The summed E-state index contributed by atoms with van der Waals surface area (Å²) in [5.41, 5.74) is 0.970. The number of hydrogen-bond acceptors (Lipinski definition) is 5. The topological polar surface area (TPSA) is 66.8 Å². The molecule has 0 aliphatic heterocycles. The fourth-order valence-corrected chi connectivity index (χ4v) is 2.28. The molecule has 0 fully saturated rings. The number of hydrogen-bond donors (Lipinski definition) is 1. The Hall–Kier alpha value is -1.27. The van der Waals surface area contributed by atoms with Gasteiger partial charge >= 0.3 is 0 Å². The zero-order valence-electron chi connectivity index (χ0n) is 11.6. The predicted molar refractivity (Wildman–Crippen MR) is 75.3 cm³/mol. The summed E-state index contributed by atoms with van der Waals surface area (Å²) >= 11 is 0. The molecule has 1 N–H and O–H groups in total. The maximum atomic E-state index is 11.1. The highest BCUT2D eigenvalue weighted by molar-refractivity contribution is 7.90. The van der Waals surface area contributed by atoms with Crippen molar-refractivity contribution in [2.75, 3.05) is 32.2 Å². The largest absolute Gasteiger partial charge is 0.504 e. The molecule has 0 saturated heterocycles. The summed E-state index contributed by atoms with van der Waals surface area (Å²) < 4.78 is 27.5. The van der Waals surface area contributed by atoms with E-state index in [2.05, 4.69) is 0 Å². The summed E-state index contributed by atoms with van der Waals surface area (Å²) in [6.07, 6.45) is 1.23. The molecule has 0 unspecified atom stereocenters.